The van der Waals surface area contributed by atoms with Crippen molar-refractivity contribution in [2.45, 2.75) is 40.5 Å². The van der Waals surface area contributed by atoms with E-state index in [1.54, 1.807) is 19.9 Å². The minimum absolute atomic E-state index is 0. The Morgan fingerprint density at radius 2 is 1.66 bits per heavy atom. The van der Waals surface area contributed by atoms with Crippen molar-refractivity contribution in [3.05, 3.63) is 62.5 Å². The summed E-state index contributed by atoms with van der Waals surface area (Å²) in [6.07, 6.45) is 0. The summed E-state index contributed by atoms with van der Waals surface area (Å²) in [4.78, 5) is 42.1. The van der Waals surface area contributed by atoms with Gasteiger partial charge in [0.15, 0.2) is 0 Å². The van der Waals surface area contributed by atoms with Gasteiger partial charge in [-0.15, -0.1) is 30.7 Å². The van der Waals surface area contributed by atoms with Gasteiger partial charge in [0.1, 0.15) is 0 Å². The first-order valence-corrected chi connectivity index (χ1v) is 13.0. The number of halogens is 2. The van der Waals surface area contributed by atoms with Crippen LogP contribution in [-0.2, 0) is 19.1 Å². The molecule has 2 aliphatic heterocycles. The predicted octanol–water partition coefficient (Wildman–Crippen LogP) is 4.06. The quantitative estimate of drug-likeness (QED) is 0.191. The molecule has 0 bridgehead atoms. The Kier molecular flexibility index (Phi) is 13.8. The van der Waals surface area contributed by atoms with E-state index in [9.17, 15) is 19.7 Å². The summed E-state index contributed by atoms with van der Waals surface area (Å²) in [5, 5.41) is 14.6. The smallest absolute Gasteiger partial charge is 0.336 e. The molecule has 41 heavy (non-hydrogen) atoms. The molecule has 2 aliphatic rings. The Bertz CT molecular complexity index is 1240. The molecule has 1 saturated heterocycles. The summed E-state index contributed by atoms with van der Waals surface area (Å²) in [5.41, 5.74) is 1.43. The van der Waals surface area contributed by atoms with E-state index in [1.807, 2.05) is 6.92 Å². The standard InChI is InChI=1S/C29H38N4O6.2ClH/c1-7-8-12-31-13-15-32(16-14-31)18-29(4,5)19-39-28(35)25-21(3)30-20(2)24(27(34)38-6)26(25)22-10-9-11-23(17-22)33(36)37;;/h9-11,17,26,30H,12-16,18-19H2,1-6H3;2*1H. The van der Waals surface area contributed by atoms with Crippen LogP contribution in [0.3, 0.4) is 0 Å². The monoisotopic (exact) mass is 610 g/mol. The van der Waals surface area contributed by atoms with Crippen molar-refractivity contribution >= 4 is 42.4 Å². The van der Waals surface area contributed by atoms with Crippen molar-refractivity contribution in [1.82, 2.24) is 15.1 Å². The van der Waals surface area contributed by atoms with Crippen molar-refractivity contribution in [2.75, 3.05) is 53.0 Å². The van der Waals surface area contributed by atoms with E-state index >= 15 is 0 Å². The highest BCUT2D eigenvalue weighted by Gasteiger charge is 2.39. The minimum Gasteiger partial charge on any atom is -0.466 e. The molecule has 1 aromatic rings. The van der Waals surface area contributed by atoms with Gasteiger partial charge in [0, 0.05) is 61.7 Å². The zero-order valence-electron chi connectivity index (χ0n) is 24.4. The van der Waals surface area contributed by atoms with Gasteiger partial charge < -0.3 is 19.7 Å². The highest BCUT2D eigenvalue weighted by Crippen LogP contribution is 2.40. The number of allylic oxidation sites excluding steroid dienone is 2. The van der Waals surface area contributed by atoms with Crippen LogP contribution < -0.4 is 5.32 Å². The Morgan fingerprint density at radius 1 is 1.07 bits per heavy atom. The highest BCUT2D eigenvalue weighted by molar-refractivity contribution is 5.99. The zero-order valence-corrected chi connectivity index (χ0v) is 26.1. The summed E-state index contributed by atoms with van der Waals surface area (Å²) >= 11 is 0. The Hall–Kier alpha value is -3.10. The lowest BCUT2D eigenvalue weighted by molar-refractivity contribution is -0.384. The molecule has 1 unspecified atom stereocenters. The molecule has 1 atom stereocenters. The Morgan fingerprint density at radius 3 is 2.22 bits per heavy atom. The van der Waals surface area contributed by atoms with E-state index in [0.717, 1.165) is 39.3 Å². The number of nitrogens with zero attached hydrogens (tertiary/aromatic N) is 3. The van der Waals surface area contributed by atoms with Gasteiger partial charge in [-0.2, -0.15) is 0 Å². The molecule has 226 valence electrons. The van der Waals surface area contributed by atoms with Crippen molar-refractivity contribution in [3.8, 4) is 11.8 Å². The van der Waals surface area contributed by atoms with Crippen LogP contribution in [0.1, 0.15) is 46.1 Å². The van der Waals surface area contributed by atoms with Crippen LogP contribution in [0.2, 0.25) is 0 Å². The molecule has 0 aliphatic carbocycles. The normalized spacial score (nSPS) is 17.8. The highest BCUT2D eigenvalue weighted by atomic mass is 35.5. The summed E-state index contributed by atoms with van der Waals surface area (Å²) in [6, 6.07) is 5.95. The number of carbonyl (C=O) groups excluding carboxylic acids is 2. The number of nitrogens with one attached hydrogen (secondary N) is 1. The van der Waals surface area contributed by atoms with Crippen LogP contribution in [-0.4, -0.2) is 79.6 Å². The number of dihydropyridines is 1. The van der Waals surface area contributed by atoms with Gasteiger partial charge >= 0.3 is 11.9 Å². The third-order valence-corrected chi connectivity index (χ3v) is 6.99. The lowest BCUT2D eigenvalue weighted by Gasteiger charge is -2.38. The molecule has 10 nitrogen and oxygen atoms in total. The van der Waals surface area contributed by atoms with Gasteiger partial charge in [-0.1, -0.05) is 31.9 Å². The number of nitro groups is 1. The number of esters is 2. The fraction of sp³-hybridized carbons (Fsp3) is 0.517. The maximum absolute atomic E-state index is 13.6. The topological polar surface area (TPSA) is 114 Å². The molecule has 1 N–H and O–H groups in total. The average Bonchev–Trinajstić information content (AvgIpc) is 2.90. The second-order valence-electron chi connectivity index (χ2n) is 10.7. The number of non-ortho nitro benzene ring substituents is 1. The van der Waals surface area contributed by atoms with Crippen LogP contribution in [0.25, 0.3) is 0 Å². The number of nitro benzene ring substituents is 1. The van der Waals surface area contributed by atoms with Gasteiger partial charge in [-0.25, -0.2) is 9.59 Å². The van der Waals surface area contributed by atoms with Crippen LogP contribution in [0.4, 0.5) is 5.69 Å². The molecular weight excluding hydrogens is 571 g/mol. The van der Waals surface area contributed by atoms with Crippen LogP contribution in [0.15, 0.2) is 46.8 Å². The average molecular weight is 612 g/mol. The number of hydrogen-bond donors (Lipinski definition) is 1. The number of ether oxygens (including phenoxy) is 2. The van der Waals surface area contributed by atoms with E-state index < -0.39 is 22.8 Å². The fourth-order valence-electron chi connectivity index (χ4n) is 5.08. The molecule has 0 aromatic heterocycles. The van der Waals surface area contributed by atoms with E-state index in [-0.39, 0.29) is 53.7 Å². The summed E-state index contributed by atoms with van der Waals surface area (Å²) in [5.74, 6) is 3.96. The molecule has 2 heterocycles. The van der Waals surface area contributed by atoms with Crippen LogP contribution >= 0.6 is 24.8 Å². The first-order chi connectivity index (χ1) is 18.5. The molecule has 3 rings (SSSR count). The predicted molar refractivity (Wildman–Crippen MR) is 162 cm³/mol. The lowest BCUT2D eigenvalue weighted by Crippen LogP contribution is -2.49. The first kappa shape index (κ1) is 35.9. The maximum atomic E-state index is 13.6. The van der Waals surface area contributed by atoms with Gasteiger partial charge in [-0.3, -0.25) is 15.0 Å². The first-order valence-electron chi connectivity index (χ1n) is 13.0. The lowest BCUT2D eigenvalue weighted by atomic mass is 9.80. The van der Waals surface area contributed by atoms with E-state index in [4.69, 9.17) is 9.47 Å². The Labute approximate surface area is 254 Å². The molecule has 1 aromatic carbocycles. The number of benzene rings is 1. The number of piperazine rings is 1. The molecule has 0 amide bonds. The van der Waals surface area contributed by atoms with Crippen molar-refractivity contribution in [3.63, 3.8) is 0 Å². The summed E-state index contributed by atoms with van der Waals surface area (Å²) < 4.78 is 10.9. The van der Waals surface area contributed by atoms with E-state index in [0.29, 0.717) is 17.0 Å². The molecule has 0 saturated carbocycles. The number of methoxy groups -OCH3 is 1. The van der Waals surface area contributed by atoms with E-state index in [1.165, 1.54) is 25.3 Å². The van der Waals surface area contributed by atoms with Crippen LogP contribution in [0, 0.1) is 27.4 Å². The largest absolute Gasteiger partial charge is 0.466 e. The summed E-state index contributed by atoms with van der Waals surface area (Å²) in [7, 11) is 1.26. The third-order valence-electron chi connectivity index (χ3n) is 6.99. The van der Waals surface area contributed by atoms with Gasteiger partial charge in [-0.05, 0) is 26.3 Å². The van der Waals surface area contributed by atoms with E-state index in [2.05, 4.69) is 40.8 Å². The second kappa shape index (κ2) is 15.8. The maximum Gasteiger partial charge on any atom is 0.336 e. The number of carbonyl (C=O) groups is 2. The molecule has 1 fully saturated rings. The van der Waals surface area contributed by atoms with Crippen LogP contribution in [0.5, 0.6) is 0 Å². The third kappa shape index (κ3) is 9.20. The fourth-order valence-corrected chi connectivity index (χ4v) is 5.08. The van der Waals surface area contributed by atoms with Gasteiger partial charge in [0.05, 0.1) is 42.2 Å². The summed E-state index contributed by atoms with van der Waals surface area (Å²) in [6.45, 7) is 14.8. The van der Waals surface area contributed by atoms with Crippen molar-refractivity contribution in [2.24, 2.45) is 5.41 Å². The molecule has 0 spiro atoms. The zero-order chi connectivity index (χ0) is 28.7. The number of rotatable bonds is 9. The van der Waals surface area contributed by atoms with Gasteiger partial charge in [0.25, 0.3) is 5.69 Å². The molecule has 0 radical (unpaired) electrons. The van der Waals surface area contributed by atoms with Gasteiger partial charge in [0.2, 0.25) is 0 Å². The molecule has 12 heteroatoms. The van der Waals surface area contributed by atoms with Crippen molar-refractivity contribution < 1.29 is 24.0 Å². The minimum atomic E-state index is -0.881. The molecular formula is C29H40Cl2N4O6. The number of hydrogen-bond acceptors (Lipinski definition) is 9. The van der Waals surface area contributed by atoms with Crippen molar-refractivity contribution in [1.29, 1.82) is 0 Å². The Balaban J connectivity index is 0.00000420. The SMILES string of the molecule is CC#CCN1CCN(CC(C)(C)COC(=O)C2=C(C)NC(C)=C(C(=O)OC)C2c2cccc([N+](=O)[O-])c2)CC1.Cl.Cl. The second-order valence-corrected chi connectivity index (χ2v) is 10.7.